The molecular formula is C21H23N5O5S. The summed E-state index contributed by atoms with van der Waals surface area (Å²) in [6, 6.07) is 5.07. The van der Waals surface area contributed by atoms with Crippen molar-refractivity contribution in [1.82, 2.24) is 20.0 Å². The van der Waals surface area contributed by atoms with Crippen molar-refractivity contribution in [3.05, 3.63) is 28.2 Å². The van der Waals surface area contributed by atoms with Crippen molar-refractivity contribution in [3.8, 4) is 11.5 Å². The molecule has 5 rings (SSSR count). The molecule has 1 aromatic heterocycles. The van der Waals surface area contributed by atoms with E-state index < -0.39 is 5.91 Å². The zero-order chi connectivity index (χ0) is 22.1. The second-order valence-corrected chi connectivity index (χ2v) is 9.03. The smallest absolute Gasteiger partial charge is 0.286 e. The zero-order valence-electron chi connectivity index (χ0n) is 17.4. The minimum absolute atomic E-state index is 0.0905. The number of carbonyl (C=O) groups excluding carboxylic acids is 3. The van der Waals surface area contributed by atoms with Crippen LogP contribution in [0.25, 0.3) is 0 Å². The Labute approximate surface area is 188 Å². The van der Waals surface area contributed by atoms with Crippen molar-refractivity contribution in [3.63, 3.8) is 0 Å². The predicted molar refractivity (Wildman–Crippen MR) is 115 cm³/mol. The van der Waals surface area contributed by atoms with E-state index >= 15 is 0 Å². The van der Waals surface area contributed by atoms with Crippen LogP contribution >= 0.6 is 11.3 Å². The molecule has 3 aliphatic heterocycles. The largest absolute Gasteiger partial charge is 0.454 e. The minimum atomic E-state index is -0.457. The van der Waals surface area contributed by atoms with E-state index in [0.29, 0.717) is 30.3 Å². The van der Waals surface area contributed by atoms with Crippen molar-refractivity contribution in [2.24, 2.45) is 5.92 Å². The standard InChI is InChI=1S/C21H23N5O5S/c27-17(22-14-5-6-15-16(10-14)31-12-30-15)18-23-24-19(32-18)21(29)26-9-3-4-13(11-26)20(28)25-7-1-2-8-25/h5-6,10,13H,1-4,7-9,11-12H2,(H,22,27). The maximum absolute atomic E-state index is 13.0. The molecule has 1 atom stereocenters. The summed E-state index contributed by atoms with van der Waals surface area (Å²) >= 11 is 0.946. The quantitative estimate of drug-likeness (QED) is 0.747. The van der Waals surface area contributed by atoms with Crippen molar-refractivity contribution < 1.29 is 23.9 Å². The van der Waals surface area contributed by atoms with Crippen LogP contribution < -0.4 is 14.8 Å². The Morgan fingerprint density at radius 3 is 2.56 bits per heavy atom. The fourth-order valence-electron chi connectivity index (χ4n) is 4.25. The van der Waals surface area contributed by atoms with Crippen LogP contribution in [-0.4, -0.2) is 70.7 Å². The summed E-state index contributed by atoms with van der Waals surface area (Å²) in [5, 5.41) is 10.8. The van der Waals surface area contributed by atoms with Crippen LogP contribution in [0.4, 0.5) is 5.69 Å². The summed E-state index contributed by atoms with van der Waals surface area (Å²) in [6.45, 7) is 2.71. The number of piperidine rings is 1. The molecule has 1 N–H and O–H groups in total. The number of anilines is 1. The van der Waals surface area contributed by atoms with Crippen molar-refractivity contribution in [2.75, 3.05) is 38.3 Å². The van der Waals surface area contributed by atoms with E-state index in [0.717, 1.165) is 50.1 Å². The van der Waals surface area contributed by atoms with Crippen LogP contribution in [0.5, 0.6) is 11.5 Å². The minimum Gasteiger partial charge on any atom is -0.454 e. The van der Waals surface area contributed by atoms with E-state index in [9.17, 15) is 14.4 Å². The number of fused-ring (bicyclic) bond motifs is 1. The Morgan fingerprint density at radius 2 is 1.72 bits per heavy atom. The summed E-state index contributed by atoms with van der Waals surface area (Å²) < 4.78 is 10.6. The molecular weight excluding hydrogens is 434 g/mol. The number of rotatable bonds is 4. The van der Waals surface area contributed by atoms with Crippen molar-refractivity contribution >= 4 is 34.7 Å². The second-order valence-electron chi connectivity index (χ2n) is 8.06. The van der Waals surface area contributed by atoms with E-state index in [1.165, 1.54) is 0 Å². The molecule has 10 nitrogen and oxygen atoms in total. The van der Waals surface area contributed by atoms with Gasteiger partial charge in [0.25, 0.3) is 11.8 Å². The van der Waals surface area contributed by atoms with Gasteiger partial charge in [-0.1, -0.05) is 11.3 Å². The topological polar surface area (TPSA) is 114 Å². The van der Waals surface area contributed by atoms with Gasteiger partial charge in [0.05, 0.1) is 5.92 Å². The highest BCUT2D eigenvalue weighted by atomic mass is 32.1. The van der Waals surface area contributed by atoms with Gasteiger partial charge < -0.3 is 24.6 Å². The highest BCUT2D eigenvalue weighted by Crippen LogP contribution is 2.34. The highest BCUT2D eigenvalue weighted by Gasteiger charge is 2.33. The Bertz CT molecular complexity index is 1050. The van der Waals surface area contributed by atoms with Crippen molar-refractivity contribution in [2.45, 2.75) is 25.7 Å². The van der Waals surface area contributed by atoms with Crippen LogP contribution in [0.2, 0.25) is 0 Å². The average molecular weight is 458 g/mol. The van der Waals surface area contributed by atoms with Gasteiger partial charge in [0.15, 0.2) is 11.5 Å². The van der Waals surface area contributed by atoms with Gasteiger partial charge in [-0.25, -0.2) is 0 Å². The summed E-state index contributed by atoms with van der Waals surface area (Å²) in [7, 11) is 0. The maximum atomic E-state index is 13.0. The molecule has 2 fully saturated rings. The van der Waals surface area contributed by atoms with Gasteiger partial charge in [0, 0.05) is 37.9 Å². The third-order valence-electron chi connectivity index (χ3n) is 5.91. The Morgan fingerprint density at radius 1 is 0.969 bits per heavy atom. The molecule has 32 heavy (non-hydrogen) atoms. The second kappa shape index (κ2) is 8.73. The first kappa shape index (κ1) is 20.7. The number of benzene rings is 1. The Kier molecular flexibility index (Phi) is 5.64. The predicted octanol–water partition coefficient (Wildman–Crippen LogP) is 1.99. The fourth-order valence-corrected chi connectivity index (χ4v) is 4.96. The number of hydrogen-bond donors (Lipinski definition) is 1. The van der Waals surface area contributed by atoms with Gasteiger partial charge >= 0.3 is 0 Å². The lowest BCUT2D eigenvalue weighted by Crippen LogP contribution is -2.46. The van der Waals surface area contributed by atoms with Crippen LogP contribution in [0.3, 0.4) is 0 Å². The van der Waals surface area contributed by atoms with Crippen LogP contribution in [-0.2, 0) is 4.79 Å². The summed E-state index contributed by atoms with van der Waals surface area (Å²) in [4.78, 5) is 41.8. The lowest BCUT2D eigenvalue weighted by molar-refractivity contribution is -0.135. The summed E-state index contributed by atoms with van der Waals surface area (Å²) in [5.74, 6) is 0.396. The van der Waals surface area contributed by atoms with E-state index in [2.05, 4.69) is 15.5 Å². The molecule has 3 aliphatic rings. The number of nitrogens with one attached hydrogen (secondary N) is 1. The third kappa shape index (κ3) is 4.12. The van der Waals surface area contributed by atoms with Gasteiger partial charge in [0.2, 0.25) is 22.7 Å². The number of nitrogens with zero attached hydrogens (tertiary/aromatic N) is 4. The molecule has 3 amide bonds. The maximum Gasteiger partial charge on any atom is 0.286 e. The molecule has 0 radical (unpaired) electrons. The average Bonchev–Trinajstić information content (AvgIpc) is 3.59. The first-order valence-electron chi connectivity index (χ1n) is 10.7. The first-order valence-corrected chi connectivity index (χ1v) is 11.5. The molecule has 4 heterocycles. The lowest BCUT2D eigenvalue weighted by atomic mass is 9.96. The van der Waals surface area contributed by atoms with E-state index in [4.69, 9.17) is 9.47 Å². The Hall–Kier alpha value is -3.21. The normalized spacial score (nSPS) is 19.8. The van der Waals surface area contributed by atoms with Crippen LogP contribution in [0, 0.1) is 5.92 Å². The molecule has 0 spiro atoms. The molecule has 0 saturated carbocycles. The first-order chi connectivity index (χ1) is 15.6. The molecule has 11 heteroatoms. The third-order valence-corrected chi connectivity index (χ3v) is 6.82. The van der Waals surface area contributed by atoms with Gasteiger partial charge in [-0.2, -0.15) is 0 Å². The van der Waals surface area contributed by atoms with Gasteiger partial charge in [-0.05, 0) is 37.8 Å². The number of aromatic nitrogens is 2. The molecule has 168 valence electrons. The number of likely N-dealkylation sites (tertiary alicyclic amines) is 2. The monoisotopic (exact) mass is 457 g/mol. The van der Waals surface area contributed by atoms with E-state index in [1.54, 1.807) is 23.1 Å². The van der Waals surface area contributed by atoms with Crippen molar-refractivity contribution in [1.29, 1.82) is 0 Å². The van der Waals surface area contributed by atoms with Crippen LogP contribution in [0.1, 0.15) is 45.3 Å². The number of ether oxygens (including phenoxy) is 2. The van der Waals surface area contributed by atoms with E-state index in [-0.39, 0.29) is 34.5 Å². The summed E-state index contributed by atoms with van der Waals surface area (Å²) in [5.41, 5.74) is 0.529. The molecule has 2 aromatic rings. The molecule has 0 aliphatic carbocycles. The molecule has 1 aromatic carbocycles. The van der Waals surface area contributed by atoms with Gasteiger partial charge in [0.1, 0.15) is 0 Å². The molecule has 2 saturated heterocycles. The number of amides is 3. The van der Waals surface area contributed by atoms with Crippen LogP contribution in [0.15, 0.2) is 18.2 Å². The number of hydrogen-bond acceptors (Lipinski definition) is 8. The fraction of sp³-hybridized carbons (Fsp3) is 0.476. The molecule has 0 bridgehead atoms. The van der Waals surface area contributed by atoms with Gasteiger partial charge in [-0.3, -0.25) is 14.4 Å². The Balaban J connectivity index is 1.22. The lowest BCUT2D eigenvalue weighted by Gasteiger charge is -2.33. The van der Waals surface area contributed by atoms with Gasteiger partial charge in [-0.15, -0.1) is 10.2 Å². The number of carbonyl (C=O) groups is 3. The zero-order valence-corrected chi connectivity index (χ0v) is 18.2. The highest BCUT2D eigenvalue weighted by molar-refractivity contribution is 7.15. The SMILES string of the molecule is O=C(Nc1ccc2c(c1)OCO2)c1nnc(C(=O)N2CCCC(C(=O)N3CCCC3)C2)s1. The van der Waals surface area contributed by atoms with E-state index in [1.807, 2.05) is 4.90 Å². The molecule has 1 unspecified atom stereocenters. The summed E-state index contributed by atoms with van der Waals surface area (Å²) in [6.07, 6.45) is 3.65.